The van der Waals surface area contributed by atoms with Crippen LogP contribution >= 0.6 is 24.0 Å². The number of aliphatic carboxylic acids is 1. The fraction of sp³-hybridized carbons (Fsp3) is 0.357. The molecular weight excluding hydrogens is 322 g/mol. The average molecular weight is 339 g/mol. The standard InChI is InChI=1S/C14H17N3O3S2/c1-16(2)9-5-3-8(4-6-9)13-17(14(15)21)12(20)10(22-13)7-11(18)19/h3-6,10,13H,7H2,1-2H3,(H2,15,21)(H,18,19). The van der Waals surface area contributed by atoms with Gasteiger partial charge in [0.05, 0.1) is 11.7 Å². The van der Waals surface area contributed by atoms with E-state index in [-0.39, 0.29) is 22.8 Å². The normalized spacial score (nSPS) is 21.0. The molecule has 2 atom stereocenters. The first kappa shape index (κ1) is 16.6. The fourth-order valence-corrected chi connectivity index (χ4v) is 3.92. The highest BCUT2D eigenvalue weighted by atomic mass is 32.2. The van der Waals surface area contributed by atoms with Gasteiger partial charge in [0.2, 0.25) is 5.91 Å². The van der Waals surface area contributed by atoms with Crippen LogP contribution in [0.5, 0.6) is 0 Å². The zero-order valence-corrected chi connectivity index (χ0v) is 13.9. The first-order chi connectivity index (χ1) is 10.3. The Morgan fingerprint density at radius 1 is 1.41 bits per heavy atom. The van der Waals surface area contributed by atoms with Gasteiger partial charge in [-0.1, -0.05) is 12.1 Å². The zero-order chi connectivity index (χ0) is 16.4. The number of carboxylic acids is 1. The number of hydrogen-bond acceptors (Lipinski definition) is 5. The molecule has 1 saturated heterocycles. The van der Waals surface area contributed by atoms with E-state index in [0.29, 0.717) is 0 Å². The lowest BCUT2D eigenvalue weighted by molar-refractivity contribution is -0.139. The number of nitrogens with two attached hydrogens (primary N) is 1. The summed E-state index contributed by atoms with van der Waals surface area (Å²) in [5.41, 5.74) is 7.55. The number of nitrogens with zero attached hydrogens (tertiary/aromatic N) is 2. The predicted molar refractivity (Wildman–Crippen MR) is 90.8 cm³/mol. The smallest absolute Gasteiger partial charge is 0.305 e. The first-order valence-electron chi connectivity index (χ1n) is 6.58. The third kappa shape index (κ3) is 3.33. The number of carbonyl (C=O) groups excluding carboxylic acids is 1. The van der Waals surface area contributed by atoms with Crippen molar-refractivity contribution in [3.8, 4) is 0 Å². The van der Waals surface area contributed by atoms with Gasteiger partial charge in [-0.05, 0) is 29.9 Å². The molecule has 0 spiro atoms. The van der Waals surface area contributed by atoms with Gasteiger partial charge in [-0.15, -0.1) is 11.8 Å². The fourth-order valence-electron chi connectivity index (χ4n) is 2.23. The lowest BCUT2D eigenvalue weighted by Gasteiger charge is -2.22. The summed E-state index contributed by atoms with van der Waals surface area (Å²) in [6.45, 7) is 0. The summed E-state index contributed by atoms with van der Waals surface area (Å²) in [5, 5.41) is 7.83. The van der Waals surface area contributed by atoms with Crippen molar-refractivity contribution in [3.05, 3.63) is 29.8 Å². The van der Waals surface area contributed by atoms with Gasteiger partial charge in [0.15, 0.2) is 5.11 Å². The topological polar surface area (TPSA) is 86.9 Å². The molecular formula is C14H17N3O3S2. The Labute approximate surface area is 138 Å². The third-order valence-corrected chi connectivity index (χ3v) is 4.97. The minimum Gasteiger partial charge on any atom is -0.481 e. The van der Waals surface area contributed by atoms with Crippen LogP contribution in [0.25, 0.3) is 0 Å². The molecule has 0 radical (unpaired) electrons. The molecule has 1 aromatic carbocycles. The monoisotopic (exact) mass is 339 g/mol. The van der Waals surface area contributed by atoms with Crippen molar-refractivity contribution in [1.29, 1.82) is 0 Å². The molecule has 3 N–H and O–H groups in total. The molecule has 22 heavy (non-hydrogen) atoms. The Kier molecular flexibility index (Phi) is 4.92. The molecule has 0 saturated carbocycles. The van der Waals surface area contributed by atoms with E-state index in [9.17, 15) is 9.59 Å². The minimum atomic E-state index is -1.02. The van der Waals surface area contributed by atoms with Crippen LogP contribution in [0.15, 0.2) is 24.3 Å². The molecule has 8 heteroatoms. The summed E-state index contributed by atoms with van der Waals surface area (Å²) < 4.78 is 0. The quantitative estimate of drug-likeness (QED) is 0.802. The minimum absolute atomic E-state index is 0.0351. The van der Waals surface area contributed by atoms with E-state index in [1.165, 1.54) is 16.7 Å². The molecule has 1 amide bonds. The van der Waals surface area contributed by atoms with Crippen LogP contribution in [-0.4, -0.2) is 46.3 Å². The summed E-state index contributed by atoms with van der Waals surface area (Å²) in [6, 6.07) is 7.66. The average Bonchev–Trinajstić information content (AvgIpc) is 2.75. The molecule has 1 aromatic rings. The van der Waals surface area contributed by atoms with E-state index in [4.69, 9.17) is 23.1 Å². The predicted octanol–water partition coefficient (Wildman–Crippen LogP) is 1.41. The molecule has 118 valence electrons. The molecule has 2 rings (SSSR count). The molecule has 0 aromatic heterocycles. The van der Waals surface area contributed by atoms with E-state index in [1.807, 2.05) is 43.3 Å². The van der Waals surface area contributed by atoms with Crippen LogP contribution in [0.3, 0.4) is 0 Å². The summed E-state index contributed by atoms with van der Waals surface area (Å²) in [7, 11) is 3.88. The maximum atomic E-state index is 12.3. The number of rotatable bonds is 4. The largest absolute Gasteiger partial charge is 0.481 e. The second-order valence-corrected chi connectivity index (χ2v) is 6.81. The van der Waals surface area contributed by atoms with Crippen molar-refractivity contribution in [3.63, 3.8) is 0 Å². The van der Waals surface area contributed by atoms with Crippen molar-refractivity contribution in [2.45, 2.75) is 17.0 Å². The highest BCUT2D eigenvalue weighted by molar-refractivity contribution is 8.01. The van der Waals surface area contributed by atoms with Crippen LogP contribution in [-0.2, 0) is 9.59 Å². The summed E-state index contributed by atoms with van der Waals surface area (Å²) in [6.07, 6.45) is -0.241. The number of carboxylic acid groups (broad SMARTS) is 1. The van der Waals surface area contributed by atoms with Crippen molar-refractivity contribution in [2.24, 2.45) is 5.73 Å². The number of carbonyl (C=O) groups is 2. The molecule has 0 bridgehead atoms. The maximum Gasteiger partial charge on any atom is 0.305 e. The summed E-state index contributed by atoms with van der Waals surface area (Å²) >= 11 is 6.22. The summed E-state index contributed by atoms with van der Waals surface area (Å²) in [4.78, 5) is 26.5. The van der Waals surface area contributed by atoms with Crippen LogP contribution in [0, 0.1) is 0 Å². The van der Waals surface area contributed by atoms with E-state index < -0.39 is 11.2 Å². The van der Waals surface area contributed by atoms with Gasteiger partial charge in [0, 0.05) is 19.8 Å². The van der Waals surface area contributed by atoms with E-state index in [2.05, 4.69) is 0 Å². The van der Waals surface area contributed by atoms with Crippen LogP contribution in [0.4, 0.5) is 5.69 Å². The Balaban J connectivity index is 2.29. The molecule has 1 aliphatic rings. The van der Waals surface area contributed by atoms with Crippen molar-refractivity contribution in [2.75, 3.05) is 19.0 Å². The number of benzene rings is 1. The van der Waals surface area contributed by atoms with Gasteiger partial charge in [-0.2, -0.15) is 0 Å². The Hall–Kier alpha value is -1.80. The van der Waals surface area contributed by atoms with Gasteiger partial charge in [-0.3, -0.25) is 14.5 Å². The lowest BCUT2D eigenvalue weighted by Crippen LogP contribution is -2.40. The van der Waals surface area contributed by atoms with E-state index in [0.717, 1.165) is 11.3 Å². The molecule has 0 aliphatic carbocycles. The number of hydrogen-bond donors (Lipinski definition) is 2. The van der Waals surface area contributed by atoms with Gasteiger partial charge in [0.1, 0.15) is 5.37 Å². The number of anilines is 1. The third-order valence-electron chi connectivity index (χ3n) is 3.33. The maximum absolute atomic E-state index is 12.3. The van der Waals surface area contributed by atoms with Gasteiger partial charge in [-0.25, -0.2) is 0 Å². The highest BCUT2D eigenvalue weighted by Crippen LogP contribution is 2.44. The molecule has 2 unspecified atom stereocenters. The van der Waals surface area contributed by atoms with Crippen LogP contribution in [0.2, 0.25) is 0 Å². The molecule has 6 nitrogen and oxygen atoms in total. The highest BCUT2D eigenvalue weighted by Gasteiger charge is 2.43. The molecule has 1 heterocycles. The Morgan fingerprint density at radius 2 is 2.00 bits per heavy atom. The van der Waals surface area contributed by atoms with Crippen molar-refractivity contribution in [1.82, 2.24) is 4.90 Å². The van der Waals surface area contributed by atoms with E-state index in [1.54, 1.807) is 0 Å². The van der Waals surface area contributed by atoms with Gasteiger partial charge >= 0.3 is 5.97 Å². The van der Waals surface area contributed by atoms with Gasteiger partial charge < -0.3 is 15.7 Å². The van der Waals surface area contributed by atoms with Crippen LogP contribution in [0.1, 0.15) is 17.4 Å². The molecule has 1 fully saturated rings. The second-order valence-electron chi connectivity index (χ2n) is 5.11. The Bertz CT molecular complexity index is 604. The Morgan fingerprint density at radius 3 is 2.45 bits per heavy atom. The number of thioether (sulfide) groups is 1. The number of amides is 1. The number of thiocarbonyl (C=S) groups is 1. The van der Waals surface area contributed by atoms with E-state index >= 15 is 0 Å². The second kappa shape index (κ2) is 6.53. The molecule has 1 aliphatic heterocycles. The SMILES string of the molecule is CN(C)c1ccc(C2SC(CC(=O)O)C(=O)N2C(N)=S)cc1. The lowest BCUT2D eigenvalue weighted by atomic mass is 10.1. The summed E-state index contributed by atoms with van der Waals surface area (Å²) in [5.74, 6) is -1.36. The first-order valence-corrected chi connectivity index (χ1v) is 7.93. The van der Waals surface area contributed by atoms with Gasteiger partial charge in [0.25, 0.3) is 0 Å². The van der Waals surface area contributed by atoms with Crippen molar-refractivity contribution >= 4 is 46.7 Å². The van der Waals surface area contributed by atoms with Crippen LogP contribution < -0.4 is 10.6 Å². The van der Waals surface area contributed by atoms with Crippen molar-refractivity contribution < 1.29 is 14.7 Å². The zero-order valence-electron chi connectivity index (χ0n) is 12.2.